The zero-order chi connectivity index (χ0) is 22.7. The third-order valence-corrected chi connectivity index (χ3v) is 4.34. The van der Waals surface area contributed by atoms with Gasteiger partial charge in [0, 0.05) is 23.8 Å². The zero-order valence-corrected chi connectivity index (χ0v) is 16.7. The molecule has 10 heteroatoms. The molecule has 1 aromatic carbocycles. The Balaban J connectivity index is 2.06. The summed E-state index contributed by atoms with van der Waals surface area (Å²) in [6.07, 6.45) is 3.60. The molecule has 0 aliphatic heterocycles. The van der Waals surface area contributed by atoms with E-state index in [-0.39, 0.29) is 22.8 Å². The zero-order valence-electron chi connectivity index (χ0n) is 16.7. The molecule has 2 heterocycles. The fourth-order valence-corrected chi connectivity index (χ4v) is 2.97. The minimum absolute atomic E-state index is 0.0388. The van der Waals surface area contributed by atoms with Crippen LogP contribution in [-0.2, 0) is 0 Å². The first-order chi connectivity index (χ1) is 14.7. The number of ether oxygens (including phenoxy) is 1. The van der Waals surface area contributed by atoms with Crippen molar-refractivity contribution in [1.29, 1.82) is 0 Å². The molecule has 0 fully saturated rings. The maximum absolute atomic E-state index is 13.9. The van der Waals surface area contributed by atoms with Crippen LogP contribution >= 0.6 is 0 Å². The molecule has 1 atom stereocenters. The maximum Gasteiger partial charge on any atom is 0.338 e. The number of nitrogens with two attached hydrogens (primary N) is 1. The Hall–Kier alpha value is -4.08. The van der Waals surface area contributed by atoms with Crippen LogP contribution < -0.4 is 10.5 Å². The number of fused-ring (bicyclic) bond motifs is 1. The molecular weight excluding hydrogens is 408 g/mol. The van der Waals surface area contributed by atoms with Gasteiger partial charge in [0.25, 0.3) is 0 Å². The smallest absolute Gasteiger partial charge is 0.338 e. The highest BCUT2D eigenvalue weighted by Crippen LogP contribution is 2.30. The molecule has 0 spiro atoms. The third kappa shape index (κ3) is 4.58. The first kappa shape index (κ1) is 21.6. The van der Waals surface area contributed by atoms with Crippen LogP contribution in [-0.4, -0.2) is 38.7 Å². The summed E-state index contributed by atoms with van der Waals surface area (Å²) in [4.78, 5) is 19.3. The highest BCUT2D eigenvalue weighted by atomic mass is 19.1. The summed E-state index contributed by atoms with van der Waals surface area (Å²) in [5, 5.41) is 13.6. The standard InChI is InChI=1S/C21H19F2N5O3/c1-11(22)7-17(28-6-4-5-26-28)19(25-3)12(2)31-18-9-13-8-14(21(29)30)15(23)10-16(13)27-20(18)24/h4-10,12H,3H2,1-2H3,(H2,24,27)(H,29,30)/b11-7+,19-17+. The molecule has 3 aromatic rings. The predicted octanol–water partition coefficient (Wildman–Crippen LogP) is 4.06. The van der Waals surface area contributed by atoms with Gasteiger partial charge < -0.3 is 15.6 Å². The largest absolute Gasteiger partial charge is 0.480 e. The van der Waals surface area contributed by atoms with E-state index in [1.54, 1.807) is 19.2 Å². The van der Waals surface area contributed by atoms with Gasteiger partial charge in [-0.1, -0.05) is 0 Å². The average Bonchev–Trinajstić information content (AvgIpc) is 3.22. The van der Waals surface area contributed by atoms with Crippen LogP contribution in [0.3, 0.4) is 0 Å². The molecule has 31 heavy (non-hydrogen) atoms. The molecular formula is C21H19F2N5O3. The van der Waals surface area contributed by atoms with Crippen LogP contribution in [0.1, 0.15) is 24.2 Å². The molecule has 0 aliphatic rings. The molecule has 0 amide bonds. The van der Waals surface area contributed by atoms with Crippen molar-refractivity contribution in [3.05, 3.63) is 65.6 Å². The quantitative estimate of drug-likeness (QED) is 0.434. The maximum atomic E-state index is 13.9. The minimum atomic E-state index is -1.41. The number of rotatable bonds is 7. The number of carbonyl (C=O) groups is 1. The number of nitrogens with zero attached hydrogens (tertiary/aromatic N) is 4. The Labute approximate surface area is 176 Å². The van der Waals surface area contributed by atoms with Crippen LogP contribution in [0.5, 0.6) is 5.75 Å². The van der Waals surface area contributed by atoms with Crippen molar-refractivity contribution in [3.63, 3.8) is 0 Å². The van der Waals surface area contributed by atoms with Crippen molar-refractivity contribution >= 4 is 35.1 Å². The Morgan fingerprint density at radius 2 is 2.16 bits per heavy atom. The summed E-state index contributed by atoms with van der Waals surface area (Å²) in [6.45, 7) is 6.46. The number of allylic oxidation sites excluding steroid dienone is 3. The number of aromatic nitrogens is 3. The topological polar surface area (TPSA) is 116 Å². The fraction of sp³-hybridized carbons (Fsp3) is 0.143. The van der Waals surface area contributed by atoms with E-state index in [4.69, 9.17) is 15.6 Å². The number of anilines is 1. The second kappa shape index (κ2) is 8.74. The number of carboxylic acid groups (broad SMARTS) is 1. The summed E-state index contributed by atoms with van der Waals surface area (Å²) in [5.41, 5.74) is 6.19. The molecule has 3 rings (SSSR count). The van der Waals surface area contributed by atoms with Gasteiger partial charge in [0.15, 0.2) is 11.6 Å². The van der Waals surface area contributed by atoms with Crippen LogP contribution in [0, 0.1) is 5.82 Å². The summed E-state index contributed by atoms with van der Waals surface area (Å²) >= 11 is 0. The average molecular weight is 427 g/mol. The lowest BCUT2D eigenvalue weighted by Crippen LogP contribution is -2.18. The van der Waals surface area contributed by atoms with Crippen molar-refractivity contribution in [2.24, 2.45) is 4.99 Å². The molecule has 0 bridgehead atoms. The summed E-state index contributed by atoms with van der Waals surface area (Å²) in [5.74, 6) is -2.74. The van der Waals surface area contributed by atoms with Gasteiger partial charge in [0.2, 0.25) is 0 Å². The lowest BCUT2D eigenvalue weighted by atomic mass is 10.1. The number of pyridine rings is 1. The highest BCUT2D eigenvalue weighted by Gasteiger charge is 2.19. The van der Waals surface area contributed by atoms with Crippen molar-refractivity contribution in [1.82, 2.24) is 14.8 Å². The van der Waals surface area contributed by atoms with E-state index in [9.17, 15) is 13.6 Å². The molecule has 1 unspecified atom stereocenters. The van der Waals surface area contributed by atoms with E-state index in [1.807, 2.05) is 0 Å². The molecule has 0 aliphatic carbocycles. The van der Waals surface area contributed by atoms with Crippen LogP contribution in [0.15, 0.2) is 59.3 Å². The fourth-order valence-electron chi connectivity index (χ4n) is 2.97. The minimum Gasteiger partial charge on any atom is -0.480 e. The van der Waals surface area contributed by atoms with Crippen molar-refractivity contribution in [2.45, 2.75) is 20.0 Å². The molecule has 0 saturated heterocycles. The third-order valence-electron chi connectivity index (χ3n) is 4.34. The number of hydrogen-bond donors (Lipinski definition) is 2. The Kier molecular flexibility index (Phi) is 6.10. The normalized spacial score (nSPS) is 13.6. The number of aromatic carboxylic acids is 1. The highest BCUT2D eigenvalue weighted by molar-refractivity contribution is 5.94. The van der Waals surface area contributed by atoms with Gasteiger partial charge in [-0.3, -0.25) is 4.99 Å². The number of aliphatic imine (C=N–C) groups is 1. The van der Waals surface area contributed by atoms with E-state index < -0.39 is 29.3 Å². The molecule has 2 aromatic heterocycles. The van der Waals surface area contributed by atoms with E-state index in [0.717, 1.165) is 12.1 Å². The second-order valence-electron chi connectivity index (χ2n) is 6.57. The number of carboxylic acids is 1. The van der Waals surface area contributed by atoms with Crippen LogP contribution in [0.2, 0.25) is 0 Å². The second-order valence-corrected chi connectivity index (χ2v) is 6.57. The summed E-state index contributed by atoms with van der Waals surface area (Å²) in [7, 11) is 0. The van der Waals surface area contributed by atoms with Crippen LogP contribution in [0.4, 0.5) is 14.6 Å². The van der Waals surface area contributed by atoms with Crippen molar-refractivity contribution in [2.75, 3.05) is 5.73 Å². The van der Waals surface area contributed by atoms with Gasteiger partial charge in [0.05, 0.1) is 22.6 Å². The van der Waals surface area contributed by atoms with Gasteiger partial charge >= 0.3 is 5.97 Å². The van der Waals surface area contributed by atoms with Gasteiger partial charge in [-0.2, -0.15) is 5.10 Å². The lowest BCUT2D eigenvalue weighted by molar-refractivity contribution is 0.0692. The first-order valence-electron chi connectivity index (χ1n) is 9.05. The van der Waals surface area contributed by atoms with E-state index in [1.165, 1.54) is 29.9 Å². The number of nitrogen functional groups attached to an aromatic ring is 1. The van der Waals surface area contributed by atoms with E-state index >= 15 is 0 Å². The SMILES string of the molecule is C=N/C(=C(\C=C(/C)F)n1cccn1)C(C)Oc1cc2cc(C(=O)O)c(F)cc2nc1N. The summed E-state index contributed by atoms with van der Waals surface area (Å²) < 4.78 is 34.9. The first-order valence-corrected chi connectivity index (χ1v) is 9.05. The van der Waals surface area contributed by atoms with Gasteiger partial charge in [-0.05, 0) is 44.8 Å². The monoisotopic (exact) mass is 427 g/mol. The molecule has 3 N–H and O–H groups in total. The van der Waals surface area contributed by atoms with Gasteiger partial charge in [-0.15, -0.1) is 0 Å². The lowest BCUT2D eigenvalue weighted by Gasteiger charge is -2.19. The van der Waals surface area contributed by atoms with Crippen LogP contribution in [0.25, 0.3) is 16.6 Å². The Bertz CT molecular complexity index is 1220. The molecule has 0 saturated carbocycles. The Morgan fingerprint density at radius 3 is 2.74 bits per heavy atom. The Morgan fingerprint density at radius 1 is 1.42 bits per heavy atom. The number of hydrogen-bond acceptors (Lipinski definition) is 6. The molecule has 8 nitrogen and oxygen atoms in total. The van der Waals surface area contributed by atoms with Crippen molar-refractivity contribution < 1.29 is 23.4 Å². The van der Waals surface area contributed by atoms with E-state index in [0.29, 0.717) is 11.1 Å². The van der Waals surface area contributed by atoms with Gasteiger partial charge in [0.1, 0.15) is 17.6 Å². The van der Waals surface area contributed by atoms with Crippen molar-refractivity contribution in [3.8, 4) is 5.75 Å². The predicted molar refractivity (Wildman–Crippen MR) is 113 cm³/mol. The van der Waals surface area contributed by atoms with E-state index in [2.05, 4.69) is 21.8 Å². The number of benzene rings is 1. The van der Waals surface area contributed by atoms with Gasteiger partial charge in [-0.25, -0.2) is 23.2 Å². The number of halogens is 2. The molecule has 160 valence electrons. The molecule has 0 radical (unpaired) electrons. The summed E-state index contributed by atoms with van der Waals surface area (Å²) in [6, 6.07) is 5.25.